The molecular weight excluding hydrogens is 398 g/mol. The molecule has 3 aliphatic rings. The zero-order valence-corrected chi connectivity index (χ0v) is 17.6. The van der Waals surface area contributed by atoms with E-state index in [1.54, 1.807) is 0 Å². The first-order valence-electron chi connectivity index (χ1n) is 10.5. The number of amides is 2. The number of anilines is 1. The van der Waals surface area contributed by atoms with Gasteiger partial charge in [0.25, 0.3) is 0 Å². The quantitative estimate of drug-likeness (QED) is 0.820. The molecule has 1 atom stereocenters. The number of nitrogens with one attached hydrogen (secondary N) is 1. The van der Waals surface area contributed by atoms with Crippen LogP contribution in [0.1, 0.15) is 17.5 Å². The van der Waals surface area contributed by atoms with Gasteiger partial charge in [0.1, 0.15) is 5.75 Å². The van der Waals surface area contributed by atoms with E-state index in [0.717, 1.165) is 49.0 Å². The van der Waals surface area contributed by atoms with Gasteiger partial charge in [0.15, 0.2) is 0 Å². The van der Waals surface area contributed by atoms with E-state index in [4.69, 9.17) is 4.74 Å². The number of fused-ring (bicyclic) bond motifs is 2. The highest BCUT2D eigenvalue weighted by atomic mass is 32.2. The summed E-state index contributed by atoms with van der Waals surface area (Å²) in [7, 11) is 0. The lowest BCUT2D eigenvalue weighted by atomic mass is 10.1. The molecule has 156 valence electrons. The summed E-state index contributed by atoms with van der Waals surface area (Å²) in [6.45, 7) is 4.80. The first kappa shape index (κ1) is 19.5. The highest BCUT2D eigenvalue weighted by Gasteiger charge is 2.31. The first-order valence-corrected chi connectivity index (χ1v) is 11.3. The molecular formula is C23H25N3O3S. The van der Waals surface area contributed by atoms with Crippen LogP contribution in [0.15, 0.2) is 47.4 Å². The van der Waals surface area contributed by atoms with Gasteiger partial charge in [-0.2, -0.15) is 0 Å². The van der Waals surface area contributed by atoms with Crippen LogP contribution in [-0.4, -0.2) is 59.7 Å². The lowest BCUT2D eigenvalue weighted by molar-refractivity contribution is -0.134. The number of hydrogen-bond acceptors (Lipinski definition) is 5. The number of ether oxygens (including phenoxy) is 1. The number of para-hydroxylation sites is 1. The zero-order chi connectivity index (χ0) is 20.5. The van der Waals surface area contributed by atoms with Crippen molar-refractivity contribution < 1.29 is 14.3 Å². The molecule has 1 fully saturated rings. The van der Waals surface area contributed by atoms with Crippen LogP contribution in [0.4, 0.5) is 5.69 Å². The molecule has 30 heavy (non-hydrogen) atoms. The molecule has 1 N–H and O–H groups in total. The topological polar surface area (TPSA) is 61.9 Å². The van der Waals surface area contributed by atoms with Crippen LogP contribution in [-0.2, 0) is 22.6 Å². The minimum Gasteiger partial charge on any atom is -0.493 e. The van der Waals surface area contributed by atoms with E-state index < -0.39 is 0 Å². The second-order valence-corrected chi connectivity index (χ2v) is 9.24. The number of rotatable bonds is 4. The van der Waals surface area contributed by atoms with Gasteiger partial charge in [0.2, 0.25) is 11.8 Å². The highest BCUT2D eigenvalue weighted by molar-refractivity contribution is 8.01. The van der Waals surface area contributed by atoms with Crippen molar-refractivity contribution in [1.29, 1.82) is 0 Å². The molecule has 3 aliphatic heterocycles. The predicted octanol–water partition coefficient (Wildman–Crippen LogP) is 2.77. The average molecular weight is 424 g/mol. The second kappa shape index (κ2) is 8.32. The van der Waals surface area contributed by atoms with Crippen LogP contribution in [0.25, 0.3) is 0 Å². The smallest absolute Gasteiger partial charge is 0.238 e. The van der Waals surface area contributed by atoms with Crippen LogP contribution in [0.2, 0.25) is 0 Å². The molecule has 5 rings (SSSR count). The third kappa shape index (κ3) is 4.04. The van der Waals surface area contributed by atoms with E-state index in [9.17, 15) is 9.59 Å². The van der Waals surface area contributed by atoms with Crippen LogP contribution < -0.4 is 10.1 Å². The van der Waals surface area contributed by atoms with Gasteiger partial charge in [-0.25, -0.2) is 0 Å². The average Bonchev–Trinajstić information content (AvgIpc) is 3.23. The van der Waals surface area contributed by atoms with Gasteiger partial charge in [-0.3, -0.25) is 14.5 Å². The number of nitrogens with zero attached hydrogens (tertiary/aromatic N) is 2. The summed E-state index contributed by atoms with van der Waals surface area (Å²) in [5.74, 6) is 1.00. The Bertz CT molecular complexity index is 972. The fourth-order valence-corrected chi connectivity index (χ4v) is 5.37. The fraction of sp³-hybridized carbons (Fsp3) is 0.391. The highest BCUT2D eigenvalue weighted by Crippen LogP contribution is 2.36. The third-order valence-electron chi connectivity index (χ3n) is 5.95. The molecule has 0 aromatic heterocycles. The van der Waals surface area contributed by atoms with Gasteiger partial charge in [-0.05, 0) is 29.3 Å². The molecule has 0 unspecified atom stereocenters. The van der Waals surface area contributed by atoms with Gasteiger partial charge in [-0.1, -0.05) is 24.3 Å². The van der Waals surface area contributed by atoms with Crippen LogP contribution in [0, 0.1) is 0 Å². The number of benzene rings is 2. The lowest BCUT2D eigenvalue weighted by Gasteiger charge is -2.35. The number of carbonyl (C=O) groups excluding carboxylic acids is 2. The first-order chi connectivity index (χ1) is 14.7. The van der Waals surface area contributed by atoms with Crippen molar-refractivity contribution in [2.75, 3.05) is 38.1 Å². The summed E-state index contributed by atoms with van der Waals surface area (Å²) < 4.78 is 5.59. The number of thioether (sulfide) groups is 1. The number of carbonyl (C=O) groups is 2. The monoisotopic (exact) mass is 423 g/mol. The largest absolute Gasteiger partial charge is 0.493 e. The molecule has 3 heterocycles. The van der Waals surface area contributed by atoms with Crippen molar-refractivity contribution >= 4 is 29.3 Å². The molecule has 0 spiro atoms. The molecule has 0 saturated carbocycles. The van der Waals surface area contributed by atoms with Crippen molar-refractivity contribution in [1.82, 2.24) is 9.80 Å². The molecule has 6 nitrogen and oxygen atoms in total. The molecule has 1 saturated heterocycles. The maximum Gasteiger partial charge on any atom is 0.238 e. The van der Waals surface area contributed by atoms with E-state index in [1.165, 1.54) is 22.9 Å². The summed E-state index contributed by atoms with van der Waals surface area (Å²) in [6.07, 6.45) is 1.23. The van der Waals surface area contributed by atoms with Crippen molar-refractivity contribution in [3.05, 3.63) is 53.6 Å². The summed E-state index contributed by atoms with van der Waals surface area (Å²) in [4.78, 5) is 30.5. The van der Waals surface area contributed by atoms with Gasteiger partial charge < -0.3 is 15.0 Å². The Kier molecular flexibility index (Phi) is 5.39. The minimum absolute atomic E-state index is 0.0661. The molecule has 2 aromatic carbocycles. The van der Waals surface area contributed by atoms with E-state index in [-0.39, 0.29) is 23.5 Å². The van der Waals surface area contributed by atoms with Crippen molar-refractivity contribution in [3.63, 3.8) is 0 Å². The van der Waals surface area contributed by atoms with E-state index in [2.05, 4.69) is 28.4 Å². The summed E-state index contributed by atoms with van der Waals surface area (Å²) >= 11 is 1.49. The Balaban J connectivity index is 1.13. The summed E-state index contributed by atoms with van der Waals surface area (Å²) in [6, 6.07) is 14.2. The molecule has 2 aromatic rings. The molecule has 0 radical (unpaired) electrons. The summed E-state index contributed by atoms with van der Waals surface area (Å²) in [5.41, 5.74) is 3.43. The Morgan fingerprint density at radius 3 is 2.83 bits per heavy atom. The molecule has 0 bridgehead atoms. The minimum atomic E-state index is -0.362. The Hall–Kier alpha value is -2.51. The van der Waals surface area contributed by atoms with Gasteiger partial charge in [0.05, 0.1) is 17.5 Å². The maximum absolute atomic E-state index is 12.8. The lowest BCUT2D eigenvalue weighted by Crippen LogP contribution is -2.49. The summed E-state index contributed by atoms with van der Waals surface area (Å²) in [5, 5.41) is 2.56. The van der Waals surface area contributed by atoms with Gasteiger partial charge >= 0.3 is 0 Å². The van der Waals surface area contributed by atoms with Crippen molar-refractivity contribution in [3.8, 4) is 5.75 Å². The standard InChI is InChI=1S/C23H25N3O3S/c27-22(14-21-23(28)24-18-3-1-2-4-20(18)30-21)26-10-8-25(9-11-26)15-16-5-6-19-17(13-16)7-12-29-19/h1-6,13,21H,7-12,14-15H2,(H,24,28)/t21-/m1/s1. The molecule has 7 heteroatoms. The van der Waals surface area contributed by atoms with E-state index in [0.29, 0.717) is 13.1 Å². The van der Waals surface area contributed by atoms with E-state index >= 15 is 0 Å². The van der Waals surface area contributed by atoms with Crippen molar-refractivity contribution in [2.24, 2.45) is 0 Å². The molecule has 0 aliphatic carbocycles. The normalized spacial score (nSPS) is 20.9. The van der Waals surface area contributed by atoms with Gasteiger partial charge in [-0.15, -0.1) is 11.8 Å². The second-order valence-electron chi connectivity index (χ2n) is 7.99. The predicted molar refractivity (Wildman–Crippen MR) is 117 cm³/mol. The Morgan fingerprint density at radius 2 is 1.97 bits per heavy atom. The van der Waals surface area contributed by atoms with Crippen LogP contribution in [0.5, 0.6) is 5.75 Å². The Morgan fingerprint density at radius 1 is 1.13 bits per heavy atom. The Labute approximate surface area is 180 Å². The maximum atomic E-state index is 12.8. The third-order valence-corrected chi connectivity index (χ3v) is 7.23. The molecule has 2 amide bonds. The number of piperazine rings is 1. The SMILES string of the molecule is O=C1Nc2ccccc2S[C@@H]1CC(=O)N1CCN(Cc2ccc3c(c2)CCO3)CC1. The van der Waals surface area contributed by atoms with Crippen LogP contribution >= 0.6 is 11.8 Å². The van der Waals surface area contributed by atoms with E-state index in [1.807, 2.05) is 29.2 Å². The van der Waals surface area contributed by atoms with Gasteiger partial charge in [0, 0.05) is 50.5 Å². The fourth-order valence-electron chi connectivity index (χ4n) is 4.27. The zero-order valence-electron chi connectivity index (χ0n) is 16.8. The van der Waals surface area contributed by atoms with Crippen LogP contribution in [0.3, 0.4) is 0 Å². The van der Waals surface area contributed by atoms with Crippen molar-refractivity contribution in [2.45, 2.75) is 29.5 Å². The number of hydrogen-bond donors (Lipinski definition) is 1.